The number of aromatic nitrogens is 2. The van der Waals surface area contributed by atoms with Crippen molar-refractivity contribution < 1.29 is 34.8 Å². The molecule has 1 N–H and O–H groups in total. The lowest BCUT2D eigenvalue weighted by molar-refractivity contribution is -0.147. The highest BCUT2D eigenvalue weighted by atomic mass is 32.2. The molecule has 1 aromatic heterocycles. The maximum absolute atomic E-state index is 13.4. The van der Waals surface area contributed by atoms with Gasteiger partial charge < -0.3 is 4.57 Å². The van der Waals surface area contributed by atoms with Crippen LogP contribution in [0.3, 0.4) is 0 Å². The predicted octanol–water partition coefficient (Wildman–Crippen LogP) is 2.03. The van der Waals surface area contributed by atoms with Gasteiger partial charge in [-0.3, -0.25) is 9.52 Å². The van der Waals surface area contributed by atoms with Gasteiger partial charge in [-0.05, 0) is 23.8 Å². The van der Waals surface area contributed by atoms with Crippen molar-refractivity contribution in [2.24, 2.45) is 0 Å². The number of para-hydroxylation sites is 2. The van der Waals surface area contributed by atoms with Crippen molar-refractivity contribution in [2.45, 2.75) is 22.9 Å². The Balaban J connectivity index is 1.65. The van der Waals surface area contributed by atoms with Gasteiger partial charge in [-0.1, -0.05) is 30.3 Å². The SMILES string of the molecule is O=C(Cn1c(C(F)(F)F)nc2ccccc21)NS(=O)(=O)C1CS(=O)(=O)c2ccccc21. The molecule has 1 aliphatic heterocycles. The van der Waals surface area contributed by atoms with Crippen LogP contribution in [0.25, 0.3) is 11.0 Å². The Hall–Kier alpha value is -2.93. The van der Waals surface area contributed by atoms with Gasteiger partial charge >= 0.3 is 6.18 Å². The van der Waals surface area contributed by atoms with Gasteiger partial charge in [-0.2, -0.15) is 13.2 Å². The minimum absolute atomic E-state index is 0.00355. The molecule has 0 bridgehead atoms. The van der Waals surface area contributed by atoms with Crippen LogP contribution in [0, 0.1) is 0 Å². The number of benzene rings is 2. The lowest BCUT2D eigenvalue weighted by Crippen LogP contribution is -2.37. The first-order chi connectivity index (χ1) is 14.4. The van der Waals surface area contributed by atoms with Crippen LogP contribution < -0.4 is 4.72 Å². The molecule has 2 heterocycles. The molecule has 164 valence electrons. The Morgan fingerprint density at radius 2 is 1.77 bits per heavy atom. The summed E-state index contributed by atoms with van der Waals surface area (Å²) in [6, 6.07) is 11.0. The largest absolute Gasteiger partial charge is 0.449 e. The summed E-state index contributed by atoms with van der Waals surface area (Å²) >= 11 is 0. The van der Waals surface area contributed by atoms with Gasteiger partial charge in [0.1, 0.15) is 11.8 Å². The summed E-state index contributed by atoms with van der Waals surface area (Å²) in [5.74, 6) is -3.37. The van der Waals surface area contributed by atoms with E-state index in [1.54, 1.807) is 4.72 Å². The number of nitrogens with one attached hydrogen (secondary N) is 1. The first-order valence-electron chi connectivity index (χ1n) is 8.79. The van der Waals surface area contributed by atoms with Crippen molar-refractivity contribution in [2.75, 3.05) is 5.75 Å². The number of alkyl halides is 3. The van der Waals surface area contributed by atoms with E-state index in [1.165, 1.54) is 48.5 Å². The van der Waals surface area contributed by atoms with Crippen molar-refractivity contribution in [3.8, 4) is 0 Å². The third-order valence-electron chi connectivity index (χ3n) is 4.81. The minimum atomic E-state index is -4.88. The second kappa shape index (κ2) is 7.05. The van der Waals surface area contributed by atoms with Crippen molar-refractivity contribution in [3.05, 3.63) is 59.9 Å². The van der Waals surface area contributed by atoms with Crippen molar-refractivity contribution in [1.29, 1.82) is 0 Å². The molecule has 2 aromatic carbocycles. The molecule has 8 nitrogen and oxygen atoms in total. The number of carbonyl (C=O) groups is 1. The van der Waals surface area contributed by atoms with Crippen LogP contribution in [0.4, 0.5) is 13.2 Å². The normalized spacial score (nSPS) is 18.1. The highest BCUT2D eigenvalue weighted by Gasteiger charge is 2.43. The Morgan fingerprint density at radius 1 is 1.13 bits per heavy atom. The Bertz CT molecular complexity index is 1410. The minimum Gasteiger partial charge on any atom is -0.311 e. The number of imidazole rings is 1. The summed E-state index contributed by atoms with van der Waals surface area (Å²) < 4.78 is 92.3. The number of nitrogens with zero attached hydrogens (tertiary/aromatic N) is 2. The molecule has 0 aliphatic carbocycles. The molecule has 0 radical (unpaired) electrons. The lowest BCUT2D eigenvalue weighted by Gasteiger charge is -2.15. The van der Waals surface area contributed by atoms with Gasteiger partial charge in [-0.25, -0.2) is 21.8 Å². The number of carbonyl (C=O) groups excluding carboxylic acids is 1. The quantitative estimate of drug-likeness (QED) is 0.620. The van der Waals surface area contributed by atoms with Crippen LogP contribution in [0.15, 0.2) is 53.4 Å². The summed E-state index contributed by atoms with van der Waals surface area (Å²) in [5, 5.41) is -1.56. The van der Waals surface area contributed by atoms with Crippen molar-refractivity contribution in [1.82, 2.24) is 14.3 Å². The Morgan fingerprint density at radius 3 is 2.48 bits per heavy atom. The van der Waals surface area contributed by atoms with E-state index in [1.807, 2.05) is 0 Å². The third kappa shape index (κ3) is 3.78. The van der Waals surface area contributed by atoms with E-state index < -0.39 is 55.3 Å². The lowest BCUT2D eigenvalue weighted by atomic mass is 10.2. The fourth-order valence-corrected chi connectivity index (χ4v) is 7.53. The molecule has 0 spiro atoms. The fourth-order valence-electron chi connectivity index (χ4n) is 3.52. The van der Waals surface area contributed by atoms with Gasteiger partial charge in [0, 0.05) is 0 Å². The zero-order valence-electron chi connectivity index (χ0n) is 15.5. The molecule has 3 aromatic rings. The fraction of sp³-hybridized carbons (Fsp3) is 0.222. The topological polar surface area (TPSA) is 115 Å². The van der Waals surface area contributed by atoms with Gasteiger partial charge in [0.15, 0.2) is 9.84 Å². The standard InChI is InChI=1S/C18H14F3N3O5S2/c19-18(20,21)17-22-12-6-2-3-7-13(12)24(17)9-16(25)23-31(28,29)15-10-30(26,27)14-8-4-1-5-11(14)15/h1-8,15H,9-10H2,(H,23,25). The number of amides is 1. The zero-order valence-corrected chi connectivity index (χ0v) is 17.1. The van der Waals surface area contributed by atoms with Gasteiger partial charge in [0.2, 0.25) is 15.8 Å². The van der Waals surface area contributed by atoms with E-state index in [4.69, 9.17) is 0 Å². The zero-order chi connectivity index (χ0) is 22.6. The molecule has 1 atom stereocenters. The number of halogens is 3. The summed E-state index contributed by atoms with van der Waals surface area (Å²) in [7, 11) is -8.42. The number of sulfonamides is 1. The number of fused-ring (bicyclic) bond motifs is 2. The van der Waals surface area contributed by atoms with E-state index in [0.717, 1.165) is 0 Å². The van der Waals surface area contributed by atoms with Gasteiger partial charge in [0.05, 0.1) is 21.7 Å². The third-order valence-corrected chi connectivity index (χ3v) is 8.52. The van der Waals surface area contributed by atoms with Crippen LogP contribution in [0.5, 0.6) is 0 Å². The molecule has 31 heavy (non-hydrogen) atoms. The second-order valence-corrected chi connectivity index (χ2v) is 10.8. The van der Waals surface area contributed by atoms with Crippen LogP contribution in [-0.4, -0.2) is 38.0 Å². The van der Waals surface area contributed by atoms with Gasteiger partial charge in [0.25, 0.3) is 5.91 Å². The summed E-state index contributed by atoms with van der Waals surface area (Å²) in [6.07, 6.45) is -4.88. The summed E-state index contributed by atoms with van der Waals surface area (Å²) in [5.41, 5.74) is -0.00989. The van der Waals surface area contributed by atoms with Crippen LogP contribution >= 0.6 is 0 Å². The van der Waals surface area contributed by atoms with E-state index in [-0.39, 0.29) is 21.5 Å². The molecule has 1 aliphatic rings. The highest BCUT2D eigenvalue weighted by molar-refractivity contribution is 7.95. The van der Waals surface area contributed by atoms with E-state index in [9.17, 15) is 34.8 Å². The van der Waals surface area contributed by atoms with Crippen LogP contribution in [0.1, 0.15) is 16.6 Å². The monoisotopic (exact) mass is 473 g/mol. The number of rotatable bonds is 4. The van der Waals surface area contributed by atoms with Crippen molar-refractivity contribution >= 4 is 36.8 Å². The van der Waals surface area contributed by atoms with E-state index >= 15 is 0 Å². The van der Waals surface area contributed by atoms with E-state index in [2.05, 4.69) is 4.98 Å². The molecule has 0 saturated carbocycles. The molecule has 13 heteroatoms. The van der Waals surface area contributed by atoms with Gasteiger partial charge in [-0.15, -0.1) is 0 Å². The molecule has 1 amide bonds. The van der Waals surface area contributed by atoms with Crippen LogP contribution in [0.2, 0.25) is 0 Å². The first-order valence-corrected chi connectivity index (χ1v) is 12.0. The predicted molar refractivity (Wildman–Crippen MR) is 103 cm³/mol. The molecule has 0 saturated heterocycles. The smallest absolute Gasteiger partial charge is 0.311 e. The Kier molecular flexibility index (Phi) is 4.85. The summed E-state index contributed by atoms with van der Waals surface area (Å²) in [4.78, 5) is 15.8. The highest BCUT2D eigenvalue weighted by Crippen LogP contribution is 2.37. The molecule has 1 unspecified atom stereocenters. The van der Waals surface area contributed by atoms with E-state index in [0.29, 0.717) is 4.57 Å². The average molecular weight is 473 g/mol. The second-order valence-electron chi connectivity index (χ2n) is 6.89. The average Bonchev–Trinajstić information content (AvgIpc) is 3.18. The van der Waals surface area contributed by atoms with Crippen molar-refractivity contribution in [3.63, 3.8) is 0 Å². The molecular formula is C18H14F3N3O5S2. The molecule has 0 fully saturated rings. The molecular weight excluding hydrogens is 459 g/mol. The van der Waals surface area contributed by atoms with Crippen LogP contribution in [-0.2, 0) is 37.4 Å². The first kappa shape index (κ1) is 21.3. The Labute approximate surface area is 174 Å². The summed E-state index contributed by atoms with van der Waals surface area (Å²) in [6.45, 7) is -0.976. The number of sulfone groups is 1. The number of hydrogen-bond donors (Lipinski definition) is 1. The number of hydrogen-bond acceptors (Lipinski definition) is 6. The molecule has 4 rings (SSSR count). The maximum Gasteiger partial charge on any atom is 0.449 e. The maximum atomic E-state index is 13.4.